The number of hydrogen-bond donors (Lipinski definition) is 1. The zero-order chi connectivity index (χ0) is 13.3. The molecule has 0 heterocycles. The van der Waals surface area contributed by atoms with Crippen molar-refractivity contribution in [1.82, 2.24) is 4.90 Å². The van der Waals surface area contributed by atoms with Crippen LogP contribution < -0.4 is 5.73 Å². The number of methoxy groups -OCH3 is 1. The average Bonchev–Trinajstić information content (AvgIpc) is 3.33. The van der Waals surface area contributed by atoms with Gasteiger partial charge in [0.05, 0.1) is 11.6 Å². The molecule has 3 aliphatic rings. The van der Waals surface area contributed by atoms with Crippen molar-refractivity contribution in [3.63, 3.8) is 0 Å². The molecule has 110 valence electrons. The van der Waals surface area contributed by atoms with Gasteiger partial charge in [0.1, 0.15) is 0 Å². The normalized spacial score (nSPS) is 35.8. The van der Waals surface area contributed by atoms with Gasteiger partial charge in [0.15, 0.2) is 0 Å². The second kappa shape index (κ2) is 5.71. The molecule has 3 saturated carbocycles. The maximum absolute atomic E-state index is 6.28. The lowest BCUT2D eigenvalue weighted by Gasteiger charge is -2.50. The number of ether oxygens (including phenoxy) is 1. The summed E-state index contributed by atoms with van der Waals surface area (Å²) in [7, 11) is 1.88. The first-order chi connectivity index (χ1) is 9.28. The first-order valence-corrected chi connectivity index (χ1v) is 8.26. The Balaban J connectivity index is 1.76. The number of rotatable bonds is 7. The molecule has 3 fully saturated rings. The highest BCUT2D eigenvalue weighted by Gasteiger charge is 2.47. The summed E-state index contributed by atoms with van der Waals surface area (Å²) in [6.07, 6.45) is 11.1. The molecule has 0 aromatic rings. The molecule has 0 amide bonds. The fourth-order valence-electron chi connectivity index (χ4n) is 3.91. The molecule has 2 N–H and O–H groups in total. The van der Waals surface area contributed by atoms with E-state index in [1.807, 2.05) is 7.11 Å². The SMILES string of the molecule is COC1CCCCC1(CN)N(CC1CC1)CC1CC1. The van der Waals surface area contributed by atoms with Gasteiger partial charge in [-0.25, -0.2) is 0 Å². The van der Waals surface area contributed by atoms with E-state index in [4.69, 9.17) is 10.5 Å². The predicted molar refractivity (Wildman–Crippen MR) is 78.1 cm³/mol. The molecule has 3 rings (SSSR count). The van der Waals surface area contributed by atoms with Crippen molar-refractivity contribution < 1.29 is 4.74 Å². The van der Waals surface area contributed by atoms with Gasteiger partial charge in [-0.2, -0.15) is 0 Å². The number of hydrogen-bond acceptors (Lipinski definition) is 3. The Morgan fingerprint density at radius 3 is 2.16 bits per heavy atom. The summed E-state index contributed by atoms with van der Waals surface area (Å²) < 4.78 is 5.86. The lowest BCUT2D eigenvalue weighted by molar-refractivity contribution is -0.0787. The van der Waals surface area contributed by atoms with Crippen molar-refractivity contribution >= 4 is 0 Å². The van der Waals surface area contributed by atoms with Crippen LogP contribution in [0.4, 0.5) is 0 Å². The summed E-state index contributed by atoms with van der Waals surface area (Å²) in [6, 6.07) is 0. The fraction of sp³-hybridized carbons (Fsp3) is 1.00. The maximum Gasteiger partial charge on any atom is 0.0767 e. The van der Waals surface area contributed by atoms with Gasteiger partial charge in [0.2, 0.25) is 0 Å². The summed E-state index contributed by atoms with van der Waals surface area (Å²) in [4.78, 5) is 2.76. The molecule has 0 saturated heterocycles. The third kappa shape index (κ3) is 2.98. The first-order valence-electron chi connectivity index (χ1n) is 8.26. The zero-order valence-corrected chi connectivity index (χ0v) is 12.4. The first kappa shape index (κ1) is 13.8. The topological polar surface area (TPSA) is 38.5 Å². The lowest BCUT2D eigenvalue weighted by atomic mass is 9.77. The van der Waals surface area contributed by atoms with Gasteiger partial charge in [-0.1, -0.05) is 12.8 Å². The molecular formula is C16H30N2O. The summed E-state index contributed by atoms with van der Waals surface area (Å²) in [5.74, 6) is 1.89. The Bertz CT molecular complexity index is 287. The molecule has 3 heteroatoms. The Labute approximate surface area is 117 Å². The van der Waals surface area contributed by atoms with Gasteiger partial charge in [0, 0.05) is 26.7 Å². The van der Waals surface area contributed by atoms with Crippen molar-refractivity contribution in [1.29, 1.82) is 0 Å². The highest BCUT2D eigenvalue weighted by Crippen LogP contribution is 2.41. The van der Waals surface area contributed by atoms with Crippen LogP contribution in [0.2, 0.25) is 0 Å². The van der Waals surface area contributed by atoms with Crippen LogP contribution in [0.1, 0.15) is 51.4 Å². The second-order valence-electron chi connectivity index (χ2n) is 7.07. The zero-order valence-electron chi connectivity index (χ0n) is 12.4. The van der Waals surface area contributed by atoms with Gasteiger partial charge in [0.25, 0.3) is 0 Å². The van der Waals surface area contributed by atoms with Crippen LogP contribution in [0.25, 0.3) is 0 Å². The molecule has 0 aliphatic heterocycles. The number of nitrogens with zero attached hydrogens (tertiary/aromatic N) is 1. The number of nitrogens with two attached hydrogens (primary N) is 1. The molecule has 2 atom stereocenters. The van der Waals surface area contributed by atoms with Crippen LogP contribution >= 0.6 is 0 Å². The smallest absolute Gasteiger partial charge is 0.0767 e. The van der Waals surface area contributed by atoms with E-state index in [-0.39, 0.29) is 5.54 Å². The monoisotopic (exact) mass is 266 g/mol. The van der Waals surface area contributed by atoms with Crippen molar-refractivity contribution in [2.24, 2.45) is 17.6 Å². The van der Waals surface area contributed by atoms with E-state index in [2.05, 4.69) is 4.90 Å². The molecule has 3 aliphatic carbocycles. The summed E-state index contributed by atoms with van der Waals surface area (Å²) in [5, 5.41) is 0. The lowest BCUT2D eigenvalue weighted by Crippen LogP contribution is -2.63. The Morgan fingerprint density at radius 2 is 1.68 bits per heavy atom. The van der Waals surface area contributed by atoms with Crippen molar-refractivity contribution in [3.8, 4) is 0 Å². The molecule has 0 aromatic carbocycles. The van der Waals surface area contributed by atoms with E-state index < -0.39 is 0 Å². The van der Waals surface area contributed by atoms with Crippen LogP contribution in [-0.4, -0.2) is 43.3 Å². The molecule has 0 bridgehead atoms. The van der Waals surface area contributed by atoms with Gasteiger partial charge < -0.3 is 10.5 Å². The molecular weight excluding hydrogens is 236 g/mol. The summed E-state index contributed by atoms with van der Waals surface area (Å²) in [5.41, 5.74) is 6.41. The van der Waals surface area contributed by atoms with E-state index in [1.165, 1.54) is 64.5 Å². The van der Waals surface area contributed by atoms with Crippen LogP contribution in [0, 0.1) is 11.8 Å². The maximum atomic E-state index is 6.28. The predicted octanol–water partition coefficient (Wildman–Crippen LogP) is 2.39. The molecule has 0 aromatic heterocycles. The average molecular weight is 266 g/mol. The fourth-order valence-corrected chi connectivity index (χ4v) is 3.91. The standard InChI is InChI=1S/C16H30N2O/c1-19-15-4-2-3-9-16(15,12-17)18(10-13-5-6-13)11-14-7-8-14/h13-15H,2-12,17H2,1H3. The van der Waals surface area contributed by atoms with E-state index in [0.29, 0.717) is 6.10 Å². The van der Waals surface area contributed by atoms with Crippen LogP contribution in [0.5, 0.6) is 0 Å². The van der Waals surface area contributed by atoms with Gasteiger partial charge in [-0.3, -0.25) is 4.90 Å². The Morgan fingerprint density at radius 1 is 1.05 bits per heavy atom. The molecule has 0 radical (unpaired) electrons. The van der Waals surface area contributed by atoms with Crippen LogP contribution in [0.3, 0.4) is 0 Å². The van der Waals surface area contributed by atoms with Gasteiger partial charge >= 0.3 is 0 Å². The Kier molecular flexibility index (Phi) is 4.16. The van der Waals surface area contributed by atoms with E-state index in [0.717, 1.165) is 18.4 Å². The third-order valence-electron chi connectivity index (χ3n) is 5.54. The van der Waals surface area contributed by atoms with E-state index in [9.17, 15) is 0 Å². The summed E-state index contributed by atoms with van der Waals surface area (Å²) in [6.45, 7) is 3.31. The molecule has 2 unspecified atom stereocenters. The highest BCUT2D eigenvalue weighted by atomic mass is 16.5. The quantitative estimate of drug-likeness (QED) is 0.769. The largest absolute Gasteiger partial charge is 0.379 e. The van der Waals surface area contributed by atoms with Gasteiger partial charge in [-0.15, -0.1) is 0 Å². The highest BCUT2D eigenvalue weighted by molar-refractivity contribution is 5.03. The van der Waals surface area contributed by atoms with Crippen molar-refractivity contribution in [2.45, 2.75) is 63.0 Å². The minimum absolute atomic E-state index is 0.137. The minimum Gasteiger partial charge on any atom is -0.379 e. The van der Waals surface area contributed by atoms with Crippen LogP contribution in [0.15, 0.2) is 0 Å². The van der Waals surface area contributed by atoms with Gasteiger partial charge in [-0.05, 0) is 50.4 Å². The molecule has 19 heavy (non-hydrogen) atoms. The molecule has 3 nitrogen and oxygen atoms in total. The van der Waals surface area contributed by atoms with E-state index >= 15 is 0 Å². The summed E-state index contributed by atoms with van der Waals surface area (Å²) >= 11 is 0. The minimum atomic E-state index is 0.137. The van der Waals surface area contributed by atoms with E-state index in [1.54, 1.807) is 0 Å². The third-order valence-corrected chi connectivity index (χ3v) is 5.54. The second-order valence-corrected chi connectivity index (χ2v) is 7.07. The Hall–Kier alpha value is -0.120. The van der Waals surface area contributed by atoms with Crippen molar-refractivity contribution in [3.05, 3.63) is 0 Å². The molecule has 0 spiro atoms. The van der Waals surface area contributed by atoms with Crippen molar-refractivity contribution in [2.75, 3.05) is 26.7 Å². The van der Waals surface area contributed by atoms with Crippen LogP contribution in [-0.2, 0) is 4.74 Å².